The minimum absolute atomic E-state index is 0.380. The molecular weight excluding hydrogens is 494 g/mol. The van der Waals surface area contributed by atoms with Crippen LogP contribution in [0.3, 0.4) is 0 Å². The van der Waals surface area contributed by atoms with Gasteiger partial charge >= 0.3 is 5.97 Å². The summed E-state index contributed by atoms with van der Waals surface area (Å²) < 4.78 is 5.55. The number of carbonyl (C=O) groups excluding carboxylic acids is 2. The van der Waals surface area contributed by atoms with E-state index in [1.807, 2.05) is 47.8 Å². The lowest BCUT2D eigenvalue weighted by atomic mass is 9.91. The predicted molar refractivity (Wildman–Crippen MR) is 152 cm³/mol. The lowest BCUT2D eigenvalue weighted by molar-refractivity contribution is -0.119. The molecule has 5 aromatic rings. The molecular formula is C31H27N3O3S. The van der Waals surface area contributed by atoms with Gasteiger partial charge in [-0.3, -0.25) is 15.1 Å². The van der Waals surface area contributed by atoms with Gasteiger partial charge in [-0.2, -0.15) is 0 Å². The summed E-state index contributed by atoms with van der Waals surface area (Å²) in [5.41, 5.74) is 5.04. The maximum Gasteiger partial charge on any atom is 0.339 e. The van der Waals surface area contributed by atoms with Gasteiger partial charge in [-0.25, -0.2) is 9.78 Å². The smallest absolute Gasteiger partial charge is 0.339 e. The van der Waals surface area contributed by atoms with E-state index in [9.17, 15) is 9.59 Å². The number of anilines is 1. The molecule has 0 atom stereocenters. The minimum Gasteiger partial charge on any atom is -0.452 e. The van der Waals surface area contributed by atoms with Crippen molar-refractivity contribution in [2.24, 2.45) is 0 Å². The third-order valence-corrected chi connectivity index (χ3v) is 7.76. The summed E-state index contributed by atoms with van der Waals surface area (Å²) in [6, 6.07) is 22.0. The Kier molecular flexibility index (Phi) is 6.84. The predicted octanol–water partition coefficient (Wildman–Crippen LogP) is 6.97. The van der Waals surface area contributed by atoms with Crippen LogP contribution in [0.1, 0.15) is 47.3 Å². The Morgan fingerprint density at radius 3 is 2.55 bits per heavy atom. The fraction of sp³-hybridized carbons (Fsp3) is 0.226. The SMILES string of the molecule is O=C(COC(=O)c1c2c(nc3ccccc13)CCCCCC2)Nc1nc(-c2ccc3ccccc3c2)cs1. The fourth-order valence-corrected chi connectivity index (χ4v) is 5.87. The van der Waals surface area contributed by atoms with Crippen molar-refractivity contribution in [2.45, 2.75) is 38.5 Å². The van der Waals surface area contributed by atoms with E-state index in [1.54, 1.807) is 0 Å². The largest absolute Gasteiger partial charge is 0.452 e. The number of hydrogen-bond acceptors (Lipinski definition) is 6. The molecule has 3 aromatic carbocycles. The number of pyridine rings is 1. The molecule has 0 saturated heterocycles. The topological polar surface area (TPSA) is 81.2 Å². The molecule has 38 heavy (non-hydrogen) atoms. The number of rotatable bonds is 5. The van der Waals surface area contributed by atoms with Gasteiger partial charge in [0.25, 0.3) is 5.91 Å². The molecule has 1 N–H and O–H groups in total. The van der Waals surface area contributed by atoms with E-state index in [0.29, 0.717) is 10.7 Å². The Bertz CT molecular complexity index is 1660. The molecule has 0 saturated carbocycles. The number of nitrogens with one attached hydrogen (secondary N) is 1. The van der Waals surface area contributed by atoms with Crippen molar-refractivity contribution >= 4 is 50.0 Å². The number of ether oxygens (including phenoxy) is 1. The molecule has 0 fully saturated rings. The summed E-state index contributed by atoms with van der Waals surface area (Å²) in [6.07, 6.45) is 6.03. The summed E-state index contributed by atoms with van der Waals surface area (Å²) in [5, 5.41) is 8.22. The number of para-hydroxylation sites is 1. The Morgan fingerprint density at radius 2 is 1.66 bits per heavy atom. The number of benzene rings is 3. The third kappa shape index (κ3) is 5.02. The van der Waals surface area contributed by atoms with Crippen LogP contribution >= 0.6 is 11.3 Å². The van der Waals surface area contributed by atoms with Gasteiger partial charge in [0.15, 0.2) is 11.7 Å². The van der Waals surface area contributed by atoms with Crippen molar-refractivity contribution in [3.63, 3.8) is 0 Å². The zero-order valence-electron chi connectivity index (χ0n) is 20.9. The monoisotopic (exact) mass is 521 g/mol. The molecule has 1 aliphatic rings. The number of aryl methyl sites for hydroxylation is 1. The third-order valence-electron chi connectivity index (χ3n) is 7.00. The Labute approximate surface area is 224 Å². The first-order chi connectivity index (χ1) is 18.7. The first kappa shape index (κ1) is 24.2. The van der Waals surface area contributed by atoms with Gasteiger partial charge in [0.2, 0.25) is 0 Å². The highest BCUT2D eigenvalue weighted by atomic mass is 32.1. The lowest BCUT2D eigenvalue weighted by Gasteiger charge is -2.18. The van der Waals surface area contributed by atoms with E-state index in [4.69, 9.17) is 9.72 Å². The quantitative estimate of drug-likeness (QED) is 0.253. The number of esters is 1. The molecule has 0 unspecified atom stereocenters. The van der Waals surface area contributed by atoms with E-state index >= 15 is 0 Å². The molecule has 2 heterocycles. The maximum atomic E-state index is 13.3. The van der Waals surface area contributed by atoms with Gasteiger partial charge in [0.1, 0.15) is 0 Å². The van der Waals surface area contributed by atoms with Gasteiger partial charge < -0.3 is 4.74 Å². The molecule has 1 aliphatic carbocycles. The van der Waals surface area contributed by atoms with Crippen LogP contribution in [0.25, 0.3) is 32.9 Å². The summed E-state index contributed by atoms with van der Waals surface area (Å²) in [5.74, 6) is -0.898. The summed E-state index contributed by atoms with van der Waals surface area (Å²) in [4.78, 5) is 35.5. The normalized spacial score (nSPS) is 13.5. The number of amides is 1. The molecule has 6 nitrogen and oxygen atoms in total. The standard InChI is InChI=1S/C31H27N3O3S/c35-28(34-31-33-27(19-38-31)22-16-15-20-9-5-6-10-21(20)17-22)18-37-30(36)29-23-11-3-1-2-4-13-25(23)32-26-14-8-7-12-24(26)29/h5-10,12,14-17,19H,1-4,11,13,18H2,(H,33,34,35). The van der Waals surface area contributed by atoms with Crippen molar-refractivity contribution < 1.29 is 14.3 Å². The molecule has 6 rings (SSSR count). The number of fused-ring (bicyclic) bond motifs is 3. The number of nitrogens with zero attached hydrogens (tertiary/aromatic N) is 2. The Morgan fingerprint density at radius 1 is 0.868 bits per heavy atom. The molecule has 0 radical (unpaired) electrons. The number of carbonyl (C=O) groups is 2. The van der Waals surface area contributed by atoms with Crippen molar-refractivity contribution in [2.75, 3.05) is 11.9 Å². The number of aromatic nitrogens is 2. The van der Waals surface area contributed by atoms with Crippen LogP contribution in [0.5, 0.6) is 0 Å². The van der Waals surface area contributed by atoms with Crippen LogP contribution in [0, 0.1) is 0 Å². The molecule has 7 heteroatoms. The van der Waals surface area contributed by atoms with Crippen molar-refractivity contribution in [3.05, 3.63) is 88.9 Å². The number of hydrogen-bond donors (Lipinski definition) is 1. The summed E-state index contributed by atoms with van der Waals surface area (Å²) >= 11 is 1.34. The Balaban J connectivity index is 1.17. The van der Waals surface area contributed by atoms with Crippen LogP contribution < -0.4 is 5.32 Å². The Hall–Kier alpha value is -4.10. The second-order valence-electron chi connectivity index (χ2n) is 9.57. The molecule has 0 spiro atoms. The van der Waals surface area contributed by atoms with Crippen LogP contribution in [0.2, 0.25) is 0 Å². The van der Waals surface area contributed by atoms with Crippen molar-refractivity contribution in [3.8, 4) is 11.3 Å². The maximum absolute atomic E-state index is 13.3. The van der Waals surface area contributed by atoms with E-state index in [-0.39, 0.29) is 6.61 Å². The van der Waals surface area contributed by atoms with Crippen LogP contribution in [0.15, 0.2) is 72.1 Å². The van der Waals surface area contributed by atoms with Gasteiger partial charge in [0.05, 0.1) is 16.8 Å². The van der Waals surface area contributed by atoms with Gasteiger partial charge in [-0.05, 0) is 54.2 Å². The fourth-order valence-electron chi connectivity index (χ4n) is 5.13. The molecule has 1 amide bonds. The second-order valence-corrected chi connectivity index (χ2v) is 10.4. The highest BCUT2D eigenvalue weighted by Crippen LogP contribution is 2.30. The van der Waals surface area contributed by atoms with E-state index in [1.165, 1.54) is 17.8 Å². The van der Waals surface area contributed by atoms with Crippen molar-refractivity contribution in [1.82, 2.24) is 9.97 Å². The summed E-state index contributed by atoms with van der Waals surface area (Å²) in [6.45, 7) is -0.380. The lowest BCUT2D eigenvalue weighted by Crippen LogP contribution is -2.22. The van der Waals surface area contributed by atoms with Crippen LogP contribution in [-0.4, -0.2) is 28.5 Å². The molecule has 0 aliphatic heterocycles. The molecule has 2 aromatic heterocycles. The summed E-state index contributed by atoms with van der Waals surface area (Å²) in [7, 11) is 0. The van der Waals surface area contributed by atoms with Crippen LogP contribution in [-0.2, 0) is 22.4 Å². The van der Waals surface area contributed by atoms with Gasteiger partial charge in [-0.1, -0.05) is 67.4 Å². The molecule has 190 valence electrons. The average Bonchev–Trinajstić information content (AvgIpc) is 3.39. The average molecular weight is 522 g/mol. The van der Waals surface area contributed by atoms with E-state index < -0.39 is 11.9 Å². The van der Waals surface area contributed by atoms with Crippen molar-refractivity contribution in [1.29, 1.82) is 0 Å². The number of thiazole rings is 1. The first-order valence-electron chi connectivity index (χ1n) is 13.0. The first-order valence-corrected chi connectivity index (χ1v) is 13.9. The van der Waals surface area contributed by atoms with Gasteiger partial charge in [0, 0.05) is 22.0 Å². The zero-order chi connectivity index (χ0) is 25.9. The second kappa shape index (κ2) is 10.7. The highest BCUT2D eigenvalue weighted by molar-refractivity contribution is 7.14. The highest BCUT2D eigenvalue weighted by Gasteiger charge is 2.23. The van der Waals surface area contributed by atoms with Crippen LogP contribution in [0.4, 0.5) is 5.13 Å². The van der Waals surface area contributed by atoms with E-state index in [0.717, 1.165) is 76.3 Å². The zero-order valence-corrected chi connectivity index (χ0v) is 21.7. The minimum atomic E-state index is -0.480. The van der Waals surface area contributed by atoms with E-state index in [2.05, 4.69) is 34.6 Å². The van der Waals surface area contributed by atoms with Gasteiger partial charge in [-0.15, -0.1) is 11.3 Å². The molecule has 0 bridgehead atoms.